The lowest BCUT2D eigenvalue weighted by molar-refractivity contribution is -0.146. The van der Waals surface area contributed by atoms with Gasteiger partial charge in [0.05, 0.1) is 18.5 Å². The minimum atomic E-state index is -0.673. The molecule has 0 bridgehead atoms. The molecule has 0 radical (unpaired) electrons. The highest BCUT2D eigenvalue weighted by Gasteiger charge is 2.34. The third kappa shape index (κ3) is 6.52. The van der Waals surface area contributed by atoms with E-state index >= 15 is 0 Å². The molecular formula is C26H34N4O3S2. The number of nitrogens with zero attached hydrogens (tertiary/aromatic N) is 4. The Labute approximate surface area is 215 Å². The largest absolute Gasteiger partial charge is 0.497 e. The monoisotopic (exact) mass is 514 g/mol. The number of pyridine rings is 1. The molecule has 7 nitrogen and oxygen atoms in total. The lowest BCUT2D eigenvalue weighted by Gasteiger charge is -2.37. The number of aromatic nitrogens is 2. The third-order valence-corrected chi connectivity index (χ3v) is 8.92. The number of hydrogen-bond donors (Lipinski definition) is 1. The molecule has 0 amide bonds. The number of rotatable bonds is 11. The van der Waals surface area contributed by atoms with Crippen LogP contribution in [0, 0.1) is 11.8 Å². The molecule has 4 rings (SSSR count). The number of carbonyl (C=O) groups is 1. The van der Waals surface area contributed by atoms with Crippen molar-refractivity contribution in [2.24, 2.45) is 11.8 Å². The summed E-state index contributed by atoms with van der Waals surface area (Å²) in [6, 6.07) is 8.24. The second kappa shape index (κ2) is 12.2. The number of benzene rings is 1. The van der Waals surface area contributed by atoms with Gasteiger partial charge in [0.15, 0.2) is 0 Å². The smallest absolute Gasteiger partial charge is 0.308 e. The highest BCUT2D eigenvalue weighted by molar-refractivity contribution is 8.01. The van der Waals surface area contributed by atoms with Gasteiger partial charge in [-0.05, 0) is 75.6 Å². The van der Waals surface area contributed by atoms with E-state index in [-0.39, 0.29) is 17.9 Å². The maximum atomic E-state index is 12.2. The number of thiazole rings is 1. The zero-order valence-electron chi connectivity index (χ0n) is 20.6. The van der Waals surface area contributed by atoms with Crippen LogP contribution in [0.1, 0.15) is 30.9 Å². The Morgan fingerprint density at radius 3 is 2.89 bits per heavy atom. The molecule has 1 aliphatic heterocycles. The van der Waals surface area contributed by atoms with Crippen LogP contribution in [-0.4, -0.2) is 77.4 Å². The summed E-state index contributed by atoms with van der Waals surface area (Å²) in [5.74, 6) is 0.931. The number of carboxylic acids is 1. The molecular weight excluding hydrogens is 480 g/mol. The van der Waals surface area contributed by atoms with E-state index in [9.17, 15) is 9.90 Å². The average Bonchev–Trinajstić information content (AvgIpc) is 3.37. The van der Waals surface area contributed by atoms with Crippen molar-refractivity contribution in [2.75, 3.05) is 46.6 Å². The number of carboxylic acid groups (broad SMARTS) is 1. The first-order valence-electron chi connectivity index (χ1n) is 12.0. The second-order valence-corrected chi connectivity index (χ2v) is 11.5. The van der Waals surface area contributed by atoms with Gasteiger partial charge < -0.3 is 19.6 Å². The summed E-state index contributed by atoms with van der Waals surface area (Å²) < 4.78 is 6.53. The number of fused-ring (bicyclic) bond motifs is 1. The first kappa shape index (κ1) is 25.9. The van der Waals surface area contributed by atoms with Gasteiger partial charge in [-0.15, -0.1) is 11.3 Å². The minimum Gasteiger partial charge on any atom is -0.497 e. The molecule has 2 aromatic heterocycles. The molecule has 1 aliphatic rings. The standard InChI is InChI=1S/C26H34N4O3S2/c1-29(2)24(20-8-10-27-23-6-5-19(33-3)16-21(20)23)7-4-18-9-12-30(17-22(18)25(31)32)13-15-35-26-28-11-14-34-26/h5-6,8,10-11,14,16,18,22,24H,4,7,9,12-13,15,17H2,1-3H3,(H,31,32)/t18-,22+,24?/m1/s1. The van der Waals surface area contributed by atoms with Crippen LogP contribution in [0.2, 0.25) is 0 Å². The molecule has 0 saturated carbocycles. The Hall–Kier alpha value is -2.20. The molecule has 9 heteroatoms. The van der Waals surface area contributed by atoms with Gasteiger partial charge in [-0.2, -0.15) is 0 Å². The van der Waals surface area contributed by atoms with Crippen molar-refractivity contribution >= 4 is 40.0 Å². The second-order valence-electron chi connectivity index (χ2n) is 9.28. The van der Waals surface area contributed by atoms with Crippen LogP contribution in [0.25, 0.3) is 10.9 Å². The van der Waals surface area contributed by atoms with Crippen LogP contribution in [-0.2, 0) is 4.79 Å². The number of piperidine rings is 1. The Balaban J connectivity index is 1.41. The van der Waals surface area contributed by atoms with Crippen molar-refractivity contribution in [3.8, 4) is 5.75 Å². The number of likely N-dealkylation sites (tertiary alicyclic amines) is 1. The van der Waals surface area contributed by atoms with Crippen molar-refractivity contribution < 1.29 is 14.6 Å². The van der Waals surface area contributed by atoms with Crippen molar-refractivity contribution in [1.29, 1.82) is 0 Å². The molecule has 1 fully saturated rings. The zero-order valence-corrected chi connectivity index (χ0v) is 22.2. The van der Waals surface area contributed by atoms with Gasteiger partial charge in [0.1, 0.15) is 10.1 Å². The normalized spacial score (nSPS) is 19.8. The number of hydrogen-bond acceptors (Lipinski definition) is 8. The maximum Gasteiger partial charge on any atom is 0.308 e. The van der Waals surface area contributed by atoms with Gasteiger partial charge in [0.25, 0.3) is 0 Å². The Morgan fingerprint density at radius 1 is 1.31 bits per heavy atom. The van der Waals surface area contributed by atoms with Gasteiger partial charge in [-0.1, -0.05) is 11.8 Å². The van der Waals surface area contributed by atoms with Gasteiger partial charge in [0, 0.05) is 48.0 Å². The quantitative estimate of drug-likeness (QED) is 0.362. The van der Waals surface area contributed by atoms with Crippen LogP contribution in [0.5, 0.6) is 5.75 Å². The molecule has 3 heterocycles. The van der Waals surface area contributed by atoms with E-state index in [0.29, 0.717) is 6.54 Å². The van der Waals surface area contributed by atoms with E-state index in [1.807, 2.05) is 29.9 Å². The summed E-state index contributed by atoms with van der Waals surface area (Å²) in [6.45, 7) is 2.47. The van der Waals surface area contributed by atoms with E-state index in [4.69, 9.17) is 4.74 Å². The van der Waals surface area contributed by atoms with E-state index in [1.54, 1.807) is 30.2 Å². The maximum absolute atomic E-state index is 12.2. The number of aliphatic carboxylic acids is 1. The molecule has 1 saturated heterocycles. The van der Waals surface area contributed by atoms with E-state index in [2.05, 4.69) is 46.0 Å². The topological polar surface area (TPSA) is 78.8 Å². The summed E-state index contributed by atoms with van der Waals surface area (Å²) in [4.78, 5) is 25.6. The third-order valence-electron chi connectivity index (χ3n) is 6.98. The zero-order chi connectivity index (χ0) is 24.8. The summed E-state index contributed by atoms with van der Waals surface area (Å²) in [7, 11) is 5.86. The first-order valence-corrected chi connectivity index (χ1v) is 13.9. The van der Waals surface area contributed by atoms with Crippen LogP contribution < -0.4 is 4.74 Å². The van der Waals surface area contributed by atoms with Gasteiger partial charge >= 0.3 is 5.97 Å². The SMILES string of the molecule is COc1ccc2nccc(C(CC[C@@H]3CCN(CCSc4nccs4)C[C@@H]3C(=O)O)N(C)C)c2c1. The Bertz CT molecular complexity index is 1110. The minimum absolute atomic E-state index is 0.176. The van der Waals surface area contributed by atoms with E-state index in [0.717, 1.165) is 59.1 Å². The van der Waals surface area contributed by atoms with Gasteiger partial charge in [-0.3, -0.25) is 9.78 Å². The number of methoxy groups -OCH3 is 1. The summed E-state index contributed by atoms with van der Waals surface area (Å²) >= 11 is 3.40. The molecule has 35 heavy (non-hydrogen) atoms. The van der Waals surface area contributed by atoms with Crippen LogP contribution in [0.15, 0.2) is 46.4 Å². The van der Waals surface area contributed by atoms with Crippen LogP contribution in [0.3, 0.4) is 0 Å². The summed E-state index contributed by atoms with van der Waals surface area (Å²) in [5, 5.41) is 13.1. The number of ether oxygens (including phenoxy) is 1. The predicted molar refractivity (Wildman–Crippen MR) is 142 cm³/mol. The highest BCUT2D eigenvalue weighted by Crippen LogP contribution is 2.36. The number of thioether (sulfide) groups is 1. The fourth-order valence-electron chi connectivity index (χ4n) is 5.07. The summed E-state index contributed by atoms with van der Waals surface area (Å²) in [5.41, 5.74) is 2.16. The van der Waals surface area contributed by atoms with E-state index < -0.39 is 5.97 Å². The molecule has 3 aromatic rings. The molecule has 0 spiro atoms. The van der Waals surface area contributed by atoms with Gasteiger partial charge in [-0.25, -0.2) is 4.98 Å². The highest BCUT2D eigenvalue weighted by atomic mass is 32.2. The van der Waals surface area contributed by atoms with Gasteiger partial charge in [0.2, 0.25) is 0 Å². The van der Waals surface area contributed by atoms with Crippen molar-refractivity contribution in [3.05, 3.63) is 47.6 Å². The fourth-order valence-corrected chi connectivity index (χ4v) is 6.78. The lowest BCUT2D eigenvalue weighted by Crippen LogP contribution is -2.44. The fraction of sp³-hybridized carbons (Fsp3) is 0.500. The van der Waals surface area contributed by atoms with Crippen molar-refractivity contribution in [3.63, 3.8) is 0 Å². The Morgan fingerprint density at radius 2 is 2.17 bits per heavy atom. The summed E-state index contributed by atoms with van der Waals surface area (Å²) in [6.07, 6.45) is 6.39. The molecule has 1 aromatic carbocycles. The predicted octanol–water partition coefficient (Wildman–Crippen LogP) is 4.90. The van der Waals surface area contributed by atoms with Crippen LogP contribution >= 0.6 is 23.1 Å². The molecule has 3 atom stereocenters. The first-order chi connectivity index (χ1) is 17.0. The average molecular weight is 515 g/mol. The molecule has 0 aliphatic carbocycles. The lowest BCUT2D eigenvalue weighted by atomic mass is 9.80. The van der Waals surface area contributed by atoms with Crippen LogP contribution in [0.4, 0.5) is 0 Å². The molecule has 1 unspecified atom stereocenters. The van der Waals surface area contributed by atoms with E-state index in [1.165, 1.54) is 5.56 Å². The van der Waals surface area contributed by atoms with Crippen molar-refractivity contribution in [1.82, 2.24) is 19.8 Å². The molecule has 1 N–H and O–H groups in total. The van der Waals surface area contributed by atoms with Crippen molar-refractivity contribution in [2.45, 2.75) is 29.6 Å². The molecule has 188 valence electrons. The Kier molecular flexibility index (Phi) is 8.99.